The highest BCUT2D eigenvalue weighted by molar-refractivity contribution is 5.92. The molecular weight excluding hydrogens is 314 g/mol. The Balaban J connectivity index is 0.000000880. The molecule has 25 heavy (non-hydrogen) atoms. The van der Waals surface area contributed by atoms with Gasteiger partial charge >= 0.3 is 0 Å². The van der Waals surface area contributed by atoms with E-state index in [-0.39, 0.29) is 11.8 Å². The summed E-state index contributed by atoms with van der Waals surface area (Å²) in [6.45, 7) is 4.00. The SMILES string of the molecule is CC.CNc1ccc(-c2cccc3nc(NC(=O)C4CC4)nn23)cc1. The number of carbonyl (C=O) groups excluding carboxylic acids is 1. The third-order valence-corrected chi connectivity index (χ3v) is 4.01. The predicted octanol–water partition coefficient (Wildman–Crippen LogP) is 3.81. The smallest absolute Gasteiger partial charge is 0.249 e. The van der Waals surface area contributed by atoms with Crippen LogP contribution in [0.5, 0.6) is 0 Å². The molecule has 1 amide bonds. The molecule has 0 bridgehead atoms. The van der Waals surface area contributed by atoms with E-state index in [0.717, 1.165) is 29.8 Å². The first-order chi connectivity index (χ1) is 12.2. The van der Waals surface area contributed by atoms with Crippen LogP contribution in [0.25, 0.3) is 16.9 Å². The van der Waals surface area contributed by atoms with Crippen LogP contribution in [0.4, 0.5) is 11.6 Å². The summed E-state index contributed by atoms with van der Waals surface area (Å²) >= 11 is 0. The number of fused-ring (bicyclic) bond motifs is 1. The lowest BCUT2D eigenvalue weighted by Gasteiger charge is -2.05. The van der Waals surface area contributed by atoms with Crippen LogP contribution in [0, 0.1) is 5.92 Å². The monoisotopic (exact) mass is 337 g/mol. The summed E-state index contributed by atoms with van der Waals surface area (Å²) < 4.78 is 1.76. The fraction of sp³-hybridized carbons (Fsp3) is 0.316. The van der Waals surface area contributed by atoms with Crippen molar-refractivity contribution >= 4 is 23.2 Å². The topological polar surface area (TPSA) is 71.3 Å². The van der Waals surface area contributed by atoms with Crippen LogP contribution in [0.15, 0.2) is 42.5 Å². The molecule has 1 aromatic carbocycles. The van der Waals surface area contributed by atoms with Crippen molar-refractivity contribution in [1.82, 2.24) is 14.6 Å². The summed E-state index contributed by atoms with van der Waals surface area (Å²) in [6, 6.07) is 13.9. The van der Waals surface area contributed by atoms with Crippen molar-refractivity contribution in [2.45, 2.75) is 26.7 Å². The summed E-state index contributed by atoms with van der Waals surface area (Å²) in [5.41, 5.74) is 3.74. The number of hydrogen-bond donors (Lipinski definition) is 2. The van der Waals surface area contributed by atoms with Crippen molar-refractivity contribution in [1.29, 1.82) is 0 Å². The fourth-order valence-corrected chi connectivity index (χ4v) is 2.54. The fourth-order valence-electron chi connectivity index (χ4n) is 2.54. The second kappa shape index (κ2) is 7.34. The van der Waals surface area contributed by atoms with Gasteiger partial charge in [0, 0.05) is 24.2 Å². The largest absolute Gasteiger partial charge is 0.388 e. The standard InChI is InChI=1S/C17H17N5O.C2H6/c1-18-13-9-7-11(8-10-13)14-3-2-4-15-19-17(21-22(14)15)20-16(23)12-5-6-12;1-2/h2-4,7-10,12,18H,5-6H2,1H3,(H,20,21,23);1-2H3. The number of anilines is 2. The summed E-state index contributed by atoms with van der Waals surface area (Å²) in [5.74, 6) is 0.511. The minimum absolute atomic E-state index is 0.0147. The van der Waals surface area contributed by atoms with Gasteiger partial charge in [-0.15, -0.1) is 5.10 Å². The number of hydrogen-bond acceptors (Lipinski definition) is 4. The van der Waals surface area contributed by atoms with Gasteiger partial charge in [-0.2, -0.15) is 4.98 Å². The molecule has 2 N–H and O–H groups in total. The van der Waals surface area contributed by atoms with E-state index in [1.54, 1.807) is 4.52 Å². The third-order valence-electron chi connectivity index (χ3n) is 4.01. The molecule has 1 aliphatic rings. The predicted molar refractivity (Wildman–Crippen MR) is 101 cm³/mol. The molecule has 4 rings (SSSR count). The maximum absolute atomic E-state index is 11.9. The van der Waals surface area contributed by atoms with E-state index in [4.69, 9.17) is 0 Å². The van der Waals surface area contributed by atoms with Gasteiger partial charge in [0.1, 0.15) is 0 Å². The lowest BCUT2D eigenvalue weighted by atomic mass is 10.1. The van der Waals surface area contributed by atoms with Gasteiger partial charge in [-0.3, -0.25) is 10.1 Å². The Hall–Kier alpha value is -2.89. The number of nitrogens with one attached hydrogen (secondary N) is 2. The van der Waals surface area contributed by atoms with Gasteiger partial charge in [0.05, 0.1) is 5.69 Å². The van der Waals surface area contributed by atoms with E-state index < -0.39 is 0 Å². The van der Waals surface area contributed by atoms with Crippen molar-refractivity contribution in [2.24, 2.45) is 5.92 Å². The molecule has 1 aliphatic carbocycles. The Bertz CT molecular complexity index is 865. The first-order valence-electron chi connectivity index (χ1n) is 8.69. The van der Waals surface area contributed by atoms with Gasteiger partial charge in [0.15, 0.2) is 5.65 Å². The van der Waals surface area contributed by atoms with Crippen molar-refractivity contribution in [3.8, 4) is 11.3 Å². The van der Waals surface area contributed by atoms with Gasteiger partial charge in [-0.1, -0.05) is 32.0 Å². The van der Waals surface area contributed by atoms with Crippen LogP contribution in [-0.2, 0) is 4.79 Å². The minimum atomic E-state index is 0.0147. The number of amides is 1. The van der Waals surface area contributed by atoms with Crippen LogP contribution in [0.1, 0.15) is 26.7 Å². The molecule has 0 radical (unpaired) electrons. The van der Waals surface area contributed by atoms with Crippen LogP contribution in [0.3, 0.4) is 0 Å². The van der Waals surface area contributed by atoms with E-state index in [0.29, 0.717) is 11.6 Å². The van der Waals surface area contributed by atoms with Crippen LogP contribution in [0.2, 0.25) is 0 Å². The highest BCUT2D eigenvalue weighted by Crippen LogP contribution is 2.30. The van der Waals surface area contributed by atoms with Gasteiger partial charge in [0.25, 0.3) is 0 Å². The Labute approximate surface area is 147 Å². The molecule has 6 heteroatoms. The third kappa shape index (κ3) is 3.63. The van der Waals surface area contributed by atoms with Crippen LogP contribution in [-0.4, -0.2) is 27.6 Å². The summed E-state index contributed by atoms with van der Waals surface area (Å²) in [4.78, 5) is 16.3. The molecule has 1 saturated carbocycles. The Morgan fingerprint density at radius 2 is 1.84 bits per heavy atom. The van der Waals surface area contributed by atoms with Crippen molar-refractivity contribution in [3.05, 3.63) is 42.5 Å². The number of carbonyl (C=O) groups is 1. The van der Waals surface area contributed by atoms with Crippen molar-refractivity contribution < 1.29 is 4.79 Å². The van der Waals surface area contributed by atoms with Gasteiger partial charge in [0.2, 0.25) is 11.9 Å². The zero-order valence-electron chi connectivity index (χ0n) is 14.8. The summed E-state index contributed by atoms with van der Waals surface area (Å²) in [7, 11) is 1.89. The van der Waals surface area contributed by atoms with E-state index in [1.165, 1.54) is 0 Å². The zero-order chi connectivity index (χ0) is 17.8. The highest BCUT2D eigenvalue weighted by Gasteiger charge is 2.30. The van der Waals surface area contributed by atoms with E-state index in [2.05, 4.69) is 20.7 Å². The average molecular weight is 337 g/mol. The number of pyridine rings is 1. The second-order valence-corrected chi connectivity index (χ2v) is 5.71. The molecule has 2 heterocycles. The van der Waals surface area contributed by atoms with Gasteiger partial charge in [-0.25, -0.2) is 4.52 Å². The number of benzene rings is 1. The first-order valence-corrected chi connectivity index (χ1v) is 8.69. The quantitative estimate of drug-likeness (QED) is 0.759. The van der Waals surface area contributed by atoms with Crippen LogP contribution < -0.4 is 10.6 Å². The van der Waals surface area contributed by atoms with E-state index >= 15 is 0 Å². The molecular formula is C19H23N5O. The molecule has 6 nitrogen and oxygen atoms in total. The molecule has 0 unspecified atom stereocenters. The molecule has 130 valence electrons. The number of aromatic nitrogens is 3. The van der Waals surface area contributed by atoms with Gasteiger partial charge < -0.3 is 5.32 Å². The first kappa shape index (κ1) is 17.0. The molecule has 0 spiro atoms. The van der Waals surface area contributed by atoms with Crippen molar-refractivity contribution in [2.75, 3.05) is 17.7 Å². The highest BCUT2D eigenvalue weighted by atomic mass is 16.2. The second-order valence-electron chi connectivity index (χ2n) is 5.71. The number of nitrogens with zero attached hydrogens (tertiary/aromatic N) is 3. The zero-order valence-corrected chi connectivity index (χ0v) is 14.8. The maximum Gasteiger partial charge on any atom is 0.249 e. The van der Waals surface area contributed by atoms with E-state index in [1.807, 2.05) is 63.4 Å². The molecule has 3 aromatic rings. The number of rotatable bonds is 4. The lowest BCUT2D eigenvalue weighted by Crippen LogP contribution is -2.14. The van der Waals surface area contributed by atoms with E-state index in [9.17, 15) is 4.79 Å². The van der Waals surface area contributed by atoms with Gasteiger partial charge in [-0.05, 0) is 37.1 Å². The molecule has 0 atom stereocenters. The van der Waals surface area contributed by atoms with Crippen LogP contribution >= 0.6 is 0 Å². The summed E-state index contributed by atoms with van der Waals surface area (Å²) in [5, 5.41) is 10.3. The Morgan fingerprint density at radius 3 is 2.48 bits per heavy atom. The Kier molecular flexibility index (Phi) is 4.97. The normalized spacial score (nSPS) is 13.1. The molecule has 1 fully saturated rings. The average Bonchev–Trinajstić information content (AvgIpc) is 3.43. The Morgan fingerprint density at radius 1 is 1.12 bits per heavy atom. The summed E-state index contributed by atoms with van der Waals surface area (Å²) in [6.07, 6.45) is 1.92. The maximum atomic E-state index is 11.9. The molecule has 2 aromatic heterocycles. The van der Waals surface area contributed by atoms with Crippen molar-refractivity contribution in [3.63, 3.8) is 0 Å². The molecule has 0 saturated heterocycles. The lowest BCUT2D eigenvalue weighted by molar-refractivity contribution is -0.117. The minimum Gasteiger partial charge on any atom is -0.388 e. The molecule has 0 aliphatic heterocycles.